The smallest absolute Gasteiger partial charge is 0.319 e. The number of anilines is 1. The number of urea groups is 1. The van der Waals surface area contributed by atoms with E-state index in [1.165, 1.54) is 31.0 Å². The molecule has 0 aliphatic carbocycles. The van der Waals surface area contributed by atoms with E-state index in [2.05, 4.69) is 15.6 Å². The van der Waals surface area contributed by atoms with Gasteiger partial charge in [-0.15, -0.1) is 0 Å². The number of aryl methyl sites for hydroxylation is 1. The van der Waals surface area contributed by atoms with Crippen LogP contribution < -0.4 is 20.9 Å². The highest BCUT2D eigenvalue weighted by Crippen LogP contribution is 2.26. The van der Waals surface area contributed by atoms with Crippen molar-refractivity contribution in [2.75, 3.05) is 12.4 Å². The maximum absolute atomic E-state index is 12.5. The van der Waals surface area contributed by atoms with Crippen molar-refractivity contribution in [3.63, 3.8) is 0 Å². The van der Waals surface area contributed by atoms with E-state index in [4.69, 9.17) is 4.74 Å². The van der Waals surface area contributed by atoms with Gasteiger partial charge in [0.1, 0.15) is 5.75 Å². The molecule has 4 N–H and O–H groups in total. The van der Waals surface area contributed by atoms with Crippen LogP contribution in [0.4, 0.5) is 10.5 Å². The van der Waals surface area contributed by atoms with E-state index < -0.39 is 35.8 Å². The molecule has 0 saturated heterocycles. The molecule has 2 amide bonds. The number of nitrogens with one attached hydrogen (secondary N) is 2. The number of aliphatic carboxylic acids is 1. The molecule has 32 heavy (non-hydrogen) atoms. The predicted octanol–water partition coefficient (Wildman–Crippen LogP) is 2.50. The molecule has 2 aromatic heterocycles. The Kier molecular flexibility index (Phi) is 6.74. The maximum Gasteiger partial charge on any atom is 0.319 e. The van der Waals surface area contributed by atoms with Gasteiger partial charge in [0.15, 0.2) is 5.69 Å². The molecule has 0 spiro atoms. The van der Waals surface area contributed by atoms with Crippen molar-refractivity contribution in [1.29, 1.82) is 0 Å². The zero-order valence-corrected chi connectivity index (χ0v) is 17.4. The second-order valence-corrected chi connectivity index (χ2v) is 6.96. The van der Waals surface area contributed by atoms with E-state index in [-0.39, 0.29) is 5.69 Å². The Balaban J connectivity index is 1.85. The number of nitrogens with zero attached hydrogens (tertiary/aromatic N) is 2. The van der Waals surface area contributed by atoms with Crippen LogP contribution in [-0.4, -0.2) is 38.9 Å². The van der Waals surface area contributed by atoms with Gasteiger partial charge in [-0.2, -0.15) is 0 Å². The Morgan fingerprint density at radius 2 is 1.97 bits per heavy atom. The zero-order valence-electron chi connectivity index (χ0n) is 17.4. The molecule has 0 fully saturated rings. The molecule has 10 heteroatoms. The molecule has 3 rings (SSSR count). The number of carboxylic acid groups (broad SMARTS) is 1. The first-order valence-electron chi connectivity index (χ1n) is 9.56. The standard InChI is InChI=1S/C22H22N4O6/c1-26-9-8-17(27)20(21(26)30)25-22(31)24-16(11-19(28)29)14-5-3-4-13(10-14)15-6-7-18(32-2)23-12-15/h3-10,12,16,27H,11H2,1-2H3,(H,28,29)(H2,24,25,31). The number of ether oxygens (including phenoxy) is 1. The summed E-state index contributed by atoms with van der Waals surface area (Å²) in [5, 5.41) is 24.1. The van der Waals surface area contributed by atoms with Crippen LogP contribution in [0.5, 0.6) is 11.6 Å². The molecule has 0 aliphatic rings. The van der Waals surface area contributed by atoms with E-state index in [9.17, 15) is 24.6 Å². The van der Waals surface area contributed by atoms with Crippen LogP contribution in [0, 0.1) is 0 Å². The average molecular weight is 438 g/mol. The third-order valence-corrected chi connectivity index (χ3v) is 4.74. The third kappa shape index (κ3) is 5.22. The highest BCUT2D eigenvalue weighted by molar-refractivity contribution is 5.91. The van der Waals surface area contributed by atoms with Gasteiger partial charge >= 0.3 is 12.0 Å². The number of aromatic hydroxyl groups is 1. The Bertz CT molecular complexity index is 1190. The normalized spacial score (nSPS) is 11.4. The lowest BCUT2D eigenvalue weighted by Crippen LogP contribution is -2.35. The number of carbonyl (C=O) groups excluding carboxylic acids is 1. The summed E-state index contributed by atoms with van der Waals surface area (Å²) in [6.45, 7) is 0. The van der Waals surface area contributed by atoms with Gasteiger partial charge in [-0.05, 0) is 29.3 Å². The molecule has 2 heterocycles. The van der Waals surface area contributed by atoms with Gasteiger partial charge in [0.05, 0.1) is 19.6 Å². The van der Waals surface area contributed by atoms with Crippen LogP contribution in [0.15, 0.2) is 59.7 Å². The fraction of sp³-hybridized carbons (Fsp3) is 0.182. The SMILES string of the molecule is COc1ccc(-c2cccc(C(CC(=O)O)NC(=O)Nc3c(O)ccn(C)c3=O)c2)cn1. The van der Waals surface area contributed by atoms with Crippen LogP contribution in [0.2, 0.25) is 0 Å². The quantitative estimate of drug-likeness (QED) is 0.444. The highest BCUT2D eigenvalue weighted by atomic mass is 16.5. The van der Waals surface area contributed by atoms with Gasteiger partial charge in [-0.1, -0.05) is 18.2 Å². The summed E-state index contributed by atoms with van der Waals surface area (Å²) in [6, 6.07) is 10.1. The minimum atomic E-state index is -1.12. The van der Waals surface area contributed by atoms with Crippen LogP contribution in [0.3, 0.4) is 0 Å². The minimum Gasteiger partial charge on any atom is -0.505 e. The number of amides is 2. The summed E-state index contributed by atoms with van der Waals surface area (Å²) < 4.78 is 6.25. The second-order valence-electron chi connectivity index (χ2n) is 6.96. The maximum atomic E-state index is 12.5. The fourth-order valence-electron chi connectivity index (χ4n) is 3.08. The summed E-state index contributed by atoms with van der Waals surface area (Å²) in [5.74, 6) is -1.06. The van der Waals surface area contributed by atoms with Crippen molar-refractivity contribution in [3.8, 4) is 22.8 Å². The number of benzene rings is 1. The van der Waals surface area contributed by atoms with Gasteiger partial charge in [-0.3, -0.25) is 9.59 Å². The number of hydrogen-bond donors (Lipinski definition) is 4. The van der Waals surface area contributed by atoms with E-state index in [1.54, 1.807) is 30.5 Å². The molecule has 3 aromatic rings. The van der Waals surface area contributed by atoms with E-state index >= 15 is 0 Å². The topological polar surface area (TPSA) is 143 Å². The van der Waals surface area contributed by atoms with Gasteiger partial charge in [-0.25, -0.2) is 9.78 Å². The summed E-state index contributed by atoms with van der Waals surface area (Å²) >= 11 is 0. The highest BCUT2D eigenvalue weighted by Gasteiger charge is 2.20. The van der Waals surface area contributed by atoms with Crippen LogP contribution >= 0.6 is 0 Å². The van der Waals surface area contributed by atoms with E-state index in [0.717, 1.165) is 11.1 Å². The summed E-state index contributed by atoms with van der Waals surface area (Å²) in [6.07, 6.45) is 2.59. The van der Waals surface area contributed by atoms with Gasteiger partial charge in [0, 0.05) is 31.1 Å². The van der Waals surface area contributed by atoms with Crippen molar-refractivity contribution in [2.45, 2.75) is 12.5 Å². The fourth-order valence-corrected chi connectivity index (χ4v) is 3.08. The monoisotopic (exact) mass is 438 g/mol. The van der Waals surface area contributed by atoms with E-state index in [1.807, 2.05) is 12.1 Å². The van der Waals surface area contributed by atoms with Crippen molar-refractivity contribution < 1.29 is 24.5 Å². The molecule has 166 valence electrons. The number of aromatic nitrogens is 2. The van der Waals surface area contributed by atoms with Crippen molar-refractivity contribution in [3.05, 3.63) is 70.8 Å². The van der Waals surface area contributed by atoms with Crippen LogP contribution in [0.25, 0.3) is 11.1 Å². The second kappa shape index (κ2) is 9.65. The van der Waals surface area contributed by atoms with Gasteiger partial charge in [0.25, 0.3) is 5.56 Å². The number of hydrogen-bond acceptors (Lipinski definition) is 6. The van der Waals surface area contributed by atoms with Gasteiger partial charge in [0.2, 0.25) is 5.88 Å². The third-order valence-electron chi connectivity index (χ3n) is 4.74. The lowest BCUT2D eigenvalue weighted by molar-refractivity contribution is -0.137. The Hall–Kier alpha value is -4.34. The van der Waals surface area contributed by atoms with Crippen LogP contribution in [0.1, 0.15) is 18.0 Å². The van der Waals surface area contributed by atoms with E-state index in [0.29, 0.717) is 11.4 Å². The van der Waals surface area contributed by atoms with Gasteiger partial charge < -0.3 is 30.2 Å². The first-order chi connectivity index (χ1) is 15.3. The number of carbonyl (C=O) groups is 2. The minimum absolute atomic E-state index is 0.306. The molecule has 0 bridgehead atoms. The average Bonchev–Trinajstić information content (AvgIpc) is 2.79. The number of methoxy groups -OCH3 is 1. The summed E-state index contributed by atoms with van der Waals surface area (Å²) in [7, 11) is 2.98. The Morgan fingerprint density at radius 3 is 2.62 bits per heavy atom. The van der Waals surface area contributed by atoms with Crippen molar-refractivity contribution in [2.24, 2.45) is 7.05 Å². The lowest BCUT2D eigenvalue weighted by Gasteiger charge is -2.19. The molecule has 1 aromatic carbocycles. The van der Waals surface area contributed by atoms with Crippen molar-refractivity contribution >= 4 is 17.7 Å². The molecule has 0 saturated carbocycles. The molecule has 1 atom stereocenters. The Labute approximate surface area is 183 Å². The number of carboxylic acids is 1. The van der Waals surface area contributed by atoms with Crippen molar-refractivity contribution in [1.82, 2.24) is 14.9 Å². The molecule has 1 unspecified atom stereocenters. The predicted molar refractivity (Wildman–Crippen MR) is 117 cm³/mol. The molecular weight excluding hydrogens is 416 g/mol. The molecule has 0 radical (unpaired) electrons. The first kappa shape index (κ1) is 22.3. The van der Waals surface area contributed by atoms with Crippen LogP contribution in [-0.2, 0) is 11.8 Å². The zero-order chi connectivity index (χ0) is 23.3. The molecule has 10 nitrogen and oxygen atoms in total. The summed E-state index contributed by atoms with van der Waals surface area (Å²) in [5.41, 5.74) is 1.18. The summed E-state index contributed by atoms with van der Waals surface area (Å²) in [4.78, 5) is 40.3. The largest absolute Gasteiger partial charge is 0.505 e. The number of rotatable bonds is 7. The Morgan fingerprint density at radius 1 is 1.19 bits per heavy atom. The molecule has 0 aliphatic heterocycles. The first-order valence-corrected chi connectivity index (χ1v) is 9.56. The lowest BCUT2D eigenvalue weighted by atomic mass is 9.98. The molecular formula is C22H22N4O6. The number of pyridine rings is 2.